The van der Waals surface area contributed by atoms with Gasteiger partial charge in [-0.1, -0.05) is 18.2 Å². The molecule has 0 spiro atoms. The van der Waals surface area contributed by atoms with Crippen LogP contribution in [0.3, 0.4) is 0 Å². The molecule has 3 aromatic rings. The molecule has 0 radical (unpaired) electrons. The number of halogens is 2. The maximum Gasteiger partial charge on any atom is 0.257 e. The molecule has 1 fully saturated rings. The number of pyridine rings is 2. The minimum atomic E-state index is -2.98. The molecule has 1 aliphatic heterocycles. The van der Waals surface area contributed by atoms with E-state index < -0.39 is 29.9 Å². The van der Waals surface area contributed by atoms with Crippen molar-refractivity contribution in [1.29, 1.82) is 0 Å². The summed E-state index contributed by atoms with van der Waals surface area (Å²) in [5.74, 6) is -3.01. The van der Waals surface area contributed by atoms with Crippen LogP contribution < -0.4 is 21.3 Å². The molecule has 8 nitrogen and oxygen atoms in total. The van der Waals surface area contributed by atoms with Crippen molar-refractivity contribution >= 4 is 11.7 Å². The Kier molecular flexibility index (Phi) is 7.23. The Balaban J connectivity index is 1.41. The number of carbonyl (C=O) groups excluding carboxylic acids is 1. The van der Waals surface area contributed by atoms with Crippen molar-refractivity contribution in [2.24, 2.45) is 5.73 Å². The van der Waals surface area contributed by atoms with Gasteiger partial charge in [0.1, 0.15) is 17.3 Å². The Hall–Kier alpha value is -3.63. The summed E-state index contributed by atoms with van der Waals surface area (Å²) >= 11 is 0. The number of H-pyrrole nitrogens is 1. The molecule has 0 aliphatic carbocycles. The zero-order valence-electron chi connectivity index (χ0n) is 19.2. The number of nitrogens with zero attached hydrogens (tertiary/aromatic N) is 2. The minimum absolute atomic E-state index is 0.0467. The molecule has 35 heavy (non-hydrogen) atoms. The molecule has 2 atom stereocenters. The van der Waals surface area contributed by atoms with Crippen molar-refractivity contribution in [3.63, 3.8) is 0 Å². The standard InChI is InChI=1S/C25H27F2N5O3/c1-16(23(33)31-22-8-7-20(14-29-22)35-19-5-3-2-4-6-19)32-10-9-25(26,27)21(15-32)18-11-17(12-28)24(34)30-13-18/h2-8,11,13-14,16,21H,9-10,12,15,28H2,1H3,(H,30,34)(H,29,31,33)/t16?,21-/m1/s1. The molecule has 1 aliphatic rings. The zero-order valence-corrected chi connectivity index (χ0v) is 19.2. The predicted octanol–water partition coefficient (Wildman–Crippen LogP) is 3.47. The number of amides is 1. The first-order valence-corrected chi connectivity index (χ1v) is 11.3. The Morgan fingerprint density at radius 3 is 2.74 bits per heavy atom. The highest BCUT2D eigenvalue weighted by molar-refractivity contribution is 5.93. The summed E-state index contributed by atoms with van der Waals surface area (Å²) in [4.78, 5) is 33.1. The number of hydrogen-bond donors (Lipinski definition) is 3. The first-order valence-electron chi connectivity index (χ1n) is 11.3. The number of aromatic amines is 1. The summed E-state index contributed by atoms with van der Waals surface area (Å²) < 4.78 is 35.3. The van der Waals surface area contributed by atoms with Gasteiger partial charge in [-0.3, -0.25) is 14.5 Å². The Morgan fingerprint density at radius 2 is 2.06 bits per heavy atom. The van der Waals surface area contributed by atoms with Gasteiger partial charge >= 0.3 is 0 Å². The van der Waals surface area contributed by atoms with E-state index in [4.69, 9.17) is 10.5 Å². The van der Waals surface area contributed by atoms with E-state index in [1.54, 1.807) is 24.0 Å². The van der Waals surface area contributed by atoms with Gasteiger partial charge in [-0.2, -0.15) is 0 Å². The number of anilines is 1. The van der Waals surface area contributed by atoms with Crippen molar-refractivity contribution in [1.82, 2.24) is 14.9 Å². The van der Waals surface area contributed by atoms with E-state index in [2.05, 4.69) is 15.3 Å². The molecule has 4 rings (SSSR count). The average Bonchev–Trinajstić information content (AvgIpc) is 2.86. The maximum atomic E-state index is 14.8. The SMILES string of the molecule is CC(C(=O)Nc1ccc(Oc2ccccc2)cn1)N1CCC(F)(F)[C@@H](c2c[nH]c(=O)c(CN)c2)C1. The number of carbonyl (C=O) groups is 1. The molecular formula is C25H27F2N5O3. The average molecular weight is 484 g/mol. The summed E-state index contributed by atoms with van der Waals surface area (Å²) in [6.45, 7) is 1.63. The number of ether oxygens (including phenoxy) is 1. The molecule has 1 amide bonds. The number of hydrogen-bond acceptors (Lipinski definition) is 6. The van der Waals surface area contributed by atoms with E-state index >= 15 is 0 Å². The minimum Gasteiger partial charge on any atom is -0.456 e. The van der Waals surface area contributed by atoms with Gasteiger partial charge in [-0.05, 0) is 42.8 Å². The zero-order chi connectivity index (χ0) is 25.0. The molecule has 184 valence electrons. The summed E-state index contributed by atoms with van der Waals surface area (Å²) in [5.41, 5.74) is 5.71. The lowest BCUT2D eigenvalue weighted by Crippen LogP contribution is -2.52. The van der Waals surface area contributed by atoms with Crippen LogP contribution in [0.2, 0.25) is 0 Å². The van der Waals surface area contributed by atoms with Crippen LogP contribution in [0.5, 0.6) is 11.5 Å². The highest BCUT2D eigenvalue weighted by Crippen LogP contribution is 2.40. The molecular weight excluding hydrogens is 456 g/mol. The van der Waals surface area contributed by atoms with Crippen LogP contribution in [0.4, 0.5) is 14.6 Å². The van der Waals surface area contributed by atoms with Crippen molar-refractivity contribution in [2.75, 3.05) is 18.4 Å². The molecule has 3 heterocycles. The van der Waals surface area contributed by atoms with Crippen LogP contribution in [0.25, 0.3) is 0 Å². The Bertz CT molecular complexity index is 1220. The number of benzene rings is 1. The Morgan fingerprint density at radius 1 is 1.29 bits per heavy atom. The molecule has 1 aromatic carbocycles. The lowest BCUT2D eigenvalue weighted by molar-refractivity contribution is -0.125. The van der Waals surface area contributed by atoms with Gasteiger partial charge in [-0.15, -0.1) is 0 Å². The third-order valence-corrected chi connectivity index (χ3v) is 6.18. The van der Waals surface area contributed by atoms with Crippen LogP contribution in [-0.4, -0.2) is 45.8 Å². The van der Waals surface area contributed by atoms with Crippen LogP contribution >= 0.6 is 0 Å². The predicted molar refractivity (Wildman–Crippen MR) is 128 cm³/mol. The maximum absolute atomic E-state index is 14.8. The summed E-state index contributed by atoms with van der Waals surface area (Å²) in [6, 6.07) is 13.3. The molecule has 1 unspecified atom stereocenters. The normalized spacial score (nSPS) is 18.6. The third-order valence-electron chi connectivity index (χ3n) is 6.18. The monoisotopic (exact) mass is 483 g/mol. The lowest BCUT2D eigenvalue weighted by Gasteiger charge is -2.40. The summed E-state index contributed by atoms with van der Waals surface area (Å²) in [7, 11) is 0. The smallest absolute Gasteiger partial charge is 0.257 e. The van der Waals surface area contributed by atoms with Gasteiger partial charge < -0.3 is 20.8 Å². The quantitative estimate of drug-likeness (QED) is 0.474. The van der Waals surface area contributed by atoms with Crippen molar-refractivity contribution in [3.8, 4) is 11.5 Å². The molecule has 1 saturated heterocycles. The molecule has 0 saturated carbocycles. The first-order chi connectivity index (χ1) is 16.8. The molecule has 4 N–H and O–H groups in total. The highest BCUT2D eigenvalue weighted by atomic mass is 19.3. The van der Waals surface area contributed by atoms with Crippen molar-refractivity contribution in [2.45, 2.75) is 37.8 Å². The number of likely N-dealkylation sites (tertiary alicyclic amines) is 1. The molecule has 0 bridgehead atoms. The second-order valence-electron chi connectivity index (χ2n) is 8.51. The third kappa shape index (κ3) is 5.72. The van der Waals surface area contributed by atoms with E-state index in [1.807, 2.05) is 30.3 Å². The summed E-state index contributed by atoms with van der Waals surface area (Å²) in [6.07, 6.45) is 2.39. The molecule has 10 heteroatoms. The fraction of sp³-hybridized carbons (Fsp3) is 0.320. The van der Waals surface area contributed by atoms with Crippen LogP contribution in [0.1, 0.15) is 30.4 Å². The number of aromatic nitrogens is 2. The fourth-order valence-electron chi connectivity index (χ4n) is 4.07. The van der Waals surface area contributed by atoms with Crippen molar-refractivity contribution < 1.29 is 18.3 Å². The number of rotatable bonds is 7. The second kappa shape index (κ2) is 10.3. The number of piperidine rings is 1. The van der Waals surface area contributed by atoms with Gasteiger partial charge in [0, 0.05) is 37.8 Å². The van der Waals surface area contributed by atoms with E-state index in [9.17, 15) is 18.4 Å². The first kappa shape index (κ1) is 24.5. The van der Waals surface area contributed by atoms with Crippen LogP contribution in [-0.2, 0) is 11.3 Å². The van der Waals surface area contributed by atoms with Gasteiger partial charge in [0.25, 0.3) is 11.5 Å². The Labute approximate surface area is 201 Å². The number of nitrogens with one attached hydrogen (secondary N) is 2. The largest absolute Gasteiger partial charge is 0.456 e. The van der Waals surface area contributed by atoms with Crippen LogP contribution in [0, 0.1) is 0 Å². The topological polar surface area (TPSA) is 113 Å². The lowest BCUT2D eigenvalue weighted by atomic mass is 9.86. The van der Waals surface area contributed by atoms with E-state index in [1.165, 1.54) is 18.5 Å². The molecule has 2 aromatic heterocycles. The second-order valence-corrected chi connectivity index (χ2v) is 8.51. The van der Waals surface area contributed by atoms with Crippen molar-refractivity contribution in [3.05, 3.63) is 82.4 Å². The fourth-order valence-corrected chi connectivity index (χ4v) is 4.07. The van der Waals surface area contributed by atoms with Gasteiger partial charge in [-0.25, -0.2) is 13.8 Å². The van der Waals surface area contributed by atoms with Gasteiger partial charge in [0.05, 0.1) is 18.2 Å². The number of nitrogens with two attached hydrogens (primary N) is 1. The van der Waals surface area contributed by atoms with E-state index in [0.29, 0.717) is 22.9 Å². The number of para-hydroxylation sites is 1. The highest BCUT2D eigenvalue weighted by Gasteiger charge is 2.46. The summed E-state index contributed by atoms with van der Waals surface area (Å²) in [5, 5.41) is 2.73. The number of alkyl halides is 2. The van der Waals surface area contributed by atoms with Crippen LogP contribution in [0.15, 0.2) is 65.7 Å². The van der Waals surface area contributed by atoms with Gasteiger partial charge in [0.2, 0.25) is 5.91 Å². The van der Waals surface area contributed by atoms with Gasteiger partial charge in [0.15, 0.2) is 0 Å². The van der Waals surface area contributed by atoms with E-state index in [0.717, 1.165) is 0 Å². The van der Waals surface area contributed by atoms with E-state index in [-0.39, 0.29) is 31.1 Å².